The van der Waals surface area contributed by atoms with Gasteiger partial charge in [0, 0.05) is 22.8 Å². The summed E-state index contributed by atoms with van der Waals surface area (Å²) >= 11 is 3.16. The molecule has 0 atom stereocenters. The number of hydrogen-bond donors (Lipinski definition) is 1. The van der Waals surface area contributed by atoms with Crippen molar-refractivity contribution in [3.8, 4) is 0 Å². The van der Waals surface area contributed by atoms with E-state index in [-0.39, 0.29) is 5.56 Å². The molecule has 1 rings (SSSR count). The van der Waals surface area contributed by atoms with E-state index in [0.717, 1.165) is 10.7 Å². The summed E-state index contributed by atoms with van der Waals surface area (Å²) in [4.78, 5) is 3.82. The van der Waals surface area contributed by atoms with Gasteiger partial charge in [0.1, 0.15) is 5.82 Å². The van der Waals surface area contributed by atoms with Gasteiger partial charge in [0.25, 0.3) is 6.43 Å². The lowest BCUT2D eigenvalue weighted by atomic mass is 10.3. The molecule has 1 N–H and O–H groups in total. The normalized spacial score (nSPS) is 10.3. The lowest BCUT2D eigenvalue weighted by molar-refractivity contribution is 0.151. The summed E-state index contributed by atoms with van der Waals surface area (Å²) in [5, 5.41) is 2.91. The number of pyridine rings is 1. The van der Waals surface area contributed by atoms with Crippen LogP contribution < -0.4 is 5.32 Å². The standard InChI is InChI=1S/C9H9BrF2N2/c1-6(10)4-13-8-3-2-7(5-14-8)9(11)12/h2-3,5,9H,1,4H2,(H,13,14). The zero-order chi connectivity index (χ0) is 10.6. The summed E-state index contributed by atoms with van der Waals surface area (Å²) in [6, 6.07) is 2.86. The van der Waals surface area contributed by atoms with E-state index in [1.165, 1.54) is 12.1 Å². The highest BCUT2D eigenvalue weighted by Crippen LogP contribution is 2.18. The smallest absolute Gasteiger partial charge is 0.265 e. The third-order valence-electron chi connectivity index (χ3n) is 1.50. The van der Waals surface area contributed by atoms with Crippen LogP contribution in [0.1, 0.15) is 12.0 Å². The molecule has 14 heavy (non-hydrogen) atoms. The van der Waals surface area contributed by atoms with E-state index < -0.39 is 6.43 Å². The van der Waals surface area contributed by atoms with Crippen LogP contribution in [0, 0.1) is 0 Å². The van der Waals surface area contributed by atoms with E-state index in [4.69, 9.17) is 0 Å². The summed E-state index contributed by atoms with van der Waals surface area (Å²) in [5.41, 5.74) is -0.0757. The summed E-state index contributed by atoms with van der Waals surface area (Å²) < 4.78 is 25.0. The van der Waals surface area contributed by atoms with Gasteiger partial charge in [0.15, 0.2) is 0 Å². The Kier molecular flexibility index (Phi) is 4.00. The van der Waals surface area contributed by atoms with Gasteiger partial charge >= 0.3 is 0 Å². The van der Waals surface area contributed by atoms with Crippen LogP contribution in [0.5, 0.6) is 0 Å². The number of aromatic nitrogens is 1. The lowest BCUT2D eigenvalue weighted by Crippen LogP contribution is -2.02. The summed E-state index contributed by atoms with van der Waals surface area (Å²) in [6.45, 7) is 4.14. The molecule has 1 aromatic heterocycles. The van der Waals surface area contributed by atoms with Crippen LogP contribution in [0.15, 0.2) is 29.4 Å². The third-order valence-corrected chi connectivity index (χ3v) is 1.78. The van der Waals surface area contributed by atoms with Gasteiger partial charge in [0.2, 0.25) is 0 Å². The number of nitrogens with zero attached hydrogens (tertiary/aromatic N) is 1. The Morgan fingerprint density at radius 2 is 2.29 bits per heavy atom. The second-order valence-corrected chi connectivity index (χ2v) is 3.77. The predicted octanol–water partition coefficient (Wildman–Crippen LogP) is 3.34. The largest absolute Gasteiger partial charge is 0.365 e. The molecule has 5 heteroatoms. The second kappa shape index (κ2) is 5.05. The first-order chi connectivity index (χ1) is 6.59. The number of anilines is 1. The molecule has 0 aromatic carbocycles. The number of rotatable bonds is 4. The minimum Gasteiger partial charge on any atom is -0.365 e. The molecule has 0 saturated carbocycles. The molecule has 0 aliphatic carbocycles. The SMILES string of the molecule is C=C(Br)CNc1ccc(C(F)F)cn1. The van der Waals surface area contributed by atoms with Crippen molar-refractivity contribution in [2.75, 3.05) is 11.9 Å². The van der Waals surface area contributed by atoms with Crippen LogP contribution >= 0.6 is 15.9 Å². The van der Waals surface area contributed by atoms with Gasteiger partial charge < -0.3 is 5.32 Å². The van der Waals surface area contributed by atoms with Gasteiger partial charge in [-0.1, -0.05) is 22.5 Å². The number of alkyl halides is 2. The van der Waals surface area contributed by atoms with Crippen molar-refractivity contribution in [2.45, 2.75) is 6.43 Å². The highest BCUT2D eigenvalue weighted by atomic mass is 79.9. The minimum atomic E-state index is -2.47. The van der Waals surface area contributed by atoms with Crippen molar-refractivity contribution in [1.82, 2.24) is 4.98 Å². The van der Waals surface area contributed by atoms with Crippen LogP contribution in [0.25, 0.3) is 0 Å². The fourth-order valence-corrected chi connectivity index (χ4v) is 0.966. The summed E-state index contributed by atoms with van der Waals surface area (Å²) in [7, 11) is 0. The molecule has 2 nitrogen and oxygen atoms in total. The number of nitrogens with one attached hydrogen (secondary N) is 1. The monoisotopic (exact) mass is 262 g/mol. The maximum atomic E-state index is 12.1. The Balaban J connectivity index is 2.59. The third kappa shape index (κ3) is 3.41. The molecule has 1 aromatic rings. The van der Waals surface area contributed by atoms with E-state index in [9.17, 15) is 8.78 Å². The average Bonchev–Trinajstić information content (AvgIpc) is 2.15. The quantitative estimate of drug-likeness (QED) is 0.901. The predicted molar refractivity (Wildman–Crippen MR) is 55.8 cm³/mol. The Morgan fingerprint density at radius 3 is 2.71 bits per heavy atom. The fourth-order valence-electron chi connectivity index (χ4n) is 0.825. The Labute approximate surface area is 89.2 Å². The van der Waals surface area contributed by atoms with Crippen molar-refractivity contribution in [3.63, 3.8) is 0 Å². The molecule has 0 bridgehead atoms. The minimum absolute atomic E-state index is 0.0757. The van der Waals surface area contributed by atoms with Crippen LogP contribution in [0.3, 0.4) is 0 Å². The van der Waals surface area contributed by atoms with Gasteiger partial charge in [-0.05, 0) is 12.1 Å². The van der Waals surface area contributed by atoms with E-state index in [1.54, 1.807) is 0 Å². The van der Waals surface area contributed by atoms with Crippen LogP contribution in [0.4, 0.5) is 14.6 Å². The highest BCUT2D eigenvalue weighted by Gasteiger charge is 2.06. The topological polar surface area (TPSA) is 24.9 Å². The van der Waals surface area contributed by atoms with Gasteiger partial charge in [-0.25, -0.2) is 13.8 Å². The molecule has 0 spiro atoms. The van der Waals surface area contributed by atoms with E-state index in [1.807, 2.05) is 0 Å². The molecule has 0 unspecified atom stereocenters. The summed E-state index contributed by atoms with van der Waals surface area (Å²) in [5.74, 6) is 0.551. The van der Waals surface area contributed by atoms with Crippen molar-refractivity contribution in [2.24, 2.45) is 0 Å². The molecule has 76 valence electrons. The molecular formula is C9H9BrF2N2. The highest BCUT2D eigenvalue weighted by molar-refractivity contribution is 9.11. The number of hydrogen-bond acceptors (Lipinski definition) is 2. The van der Waals surface area contributed by atoms with Gasteiger partial charge in [0.05, 0.1) is 0 Å². The zero-order valence-corrected chi connectivity index (χ0v) is 8.89. The molecular weight excluding hydrogens is 254 g/mol. The van der Waals surface area contributed by atoms with Gasteiger partial charge in [-0.3, -0.25) is 0 Å². The first-order valence-electron chi connectivity index (χ1n) is 3.91. The Bertz CT molecular complexity index is 311. The molecule has 0 aliphatic heterocycles. The maximum absolute atomic E-state index is 12.1. The molecule has 1 heterocycles. The van der Waals surface area contributed by atoms with Crippen LogP contribution in [0.2, 0.25) is 0 Å². The van der Waals surface area contributed by atoms with Gasteiger partial charge in [-0.2, -0.15) is 0 Å². The van der Waals surface area contributed by atoms with Crippen molar-refractivity contribution in [1.29, 1.82) is 0 Å². The second-order valence-electron chi connectivity index (χ2n) is 2.65. The number of halogens is 3. The molecule has 0 aliphatic rings. The van der Waals surface area contributed by atoms with E-state index in [0.29, 0.717) is 12.4 Å². The molecule has 0 radical (unpaired) electrons. The average molecular weight is 263 g/mol. The van der Waals surface area contributed by atoms with E-state index >= 15 is 0 Å². The van der Waals surface area contributed by atoms with E-state index in [2.05, 4.69) is 32.8 Å². The first-order valence-corrected chi connectivity index (χ1v) is 4.70. The zero-order valence-electron chi connectivity index (χ0n) is 7.30. The molecule has 0 fully saturated rings. The lowest BCUT2D eigenvalue weighted by Gasteiger charge is -2.04. The summed E-state index contributed by atoms with van der Waals surface area (Å²) in [6.07, 6.45) is -1.31. The van der Waals surface area contributed by atoms with Crippen LogP contribution in [-0.2, 0) is 0 Å². The van der Waals surface area contributed by atoms with Gasteiger partial charge in [-0.15, -0.1) is 0 Å². The van der Waals surface area contributed by atoms with Crippen LogP contribution in [-0.4, -0.2) is 11.5 Å². The Hall–Kier alpha value is -0.970. The molecule has 0 amide bonds. The Morgan fingerprint density at radius 1 is 1.57 bits per heavy atom. The molecule has 0 saturated heterocycles. The van der Waals surface area contributed by atoms with Crippen molar-refractivity contribution in [3.05, 3.63) is 35.0 Å². The van der Waals surface area contributed by atoms with Crippen molar-refractivity contribution < 1.29 is 8.78 Å². The first kappa shape index (κ1) is 11.1. The maximum Gasteiger partial charge on any atom is 0.265 e. The fraction of sp³-hybridized carbons (Fsp3) is 0.222. The van der Waals surface area contributed by atoms with Crippen molar-refractivity contribution >= 4 is 21.7 Å².